The molecule has 39 heavy (non-hydrogen) atoms. The second kappa shape index (κ2) is 11.4. The molecule has 4 aromatic rings. The SMILES string of the molecule is CNCc1cc(Cl)cc(-c2cnc3nc(-c4cccc(OC(F)(F)F)c4)n(CC(=O)NC(C)C)c(=O)c3c2)c1. The first-order valence-corrected chi connectivity index (χ1v) is 12.3. The van der Waals surface area contributed by atoms with Gasteiger partial charge in [-0.15, -0.1) is 13.2 Å². The van der Waals surface area contributed by atoms with Crippen molar-refractivity contribution in [2.45, 2.75) is 39.3 Å². The summed E-state index contributed by atoms with van der Waals surface area (Å²) < 4.78 is 43.6. The summed E-state index contributed by atoms with van der Waals surface area (Å²) in [6.45, 7) is 3.70. The maximum absolute atomic E-state index is 13.7. The molecule has 0 atom stereocenters. The normalized spacial score (nSPS) is 11.7. The van der Waals surface area contributed by atoms with Gasteiger partial charge in [-0.25, -0.2) is 9.97 Å². The number of carbonyl (C=O) groups is 1. The summed E-state index contributed by atoms with van der Waals surface area (Å²) in [6.07, 6.45) is -3.37. The van der Waals surface area contributed by atoms with E-state index in [1.54, 1.807) is 26.0 Å². The van der Waals surface area contributed by atoms with Crippen molar-refractivity contribution in [1.29, 1.82) is 0 Å². The van der Waals surface area contributed by atoms with E-state index in [0.717, 1.165) is 27.8 Å². The minimum Gasteiger partial charge on any atom is -0.406 e. The minimum absolute atomic E-state index is 0.0293. The Balaban J connectivity index is 1.88. The molecule has 0 aliphatic rings. The highest BCUT2D eigenvalue weighted by Gasteiger charge is 2.31. The smallest absolute Gasteiger partial charge is 0.406 e. The minimum atomic E-state index is -4.91. The van der Waals surface area contributed by atoms with Gasteiger partial charge in [0.25, 0.3) is 5.56 Å². The third kappa shape index (κ3) is 6.92. The Hall–Kier alpha value is -3.96. The number of benzene rings is 2. The molecule has 0 bridgehead atoms. The first-order valence-electron chi connectivity index (χ1n) is 11.9. The van der Waals surface area contributed by atoms with E-state index >= 15 is 0 Å². The van der Waals surface area contributed by atoms with Crippen molar-refractivity contribution >= 4 is 28.5 Å². The van der Waals surface area contributed by atoms with Crippen LogP contribution >= 0.6 is 11.6 Å². The van der Waals surface area contributed by atoms with Crippen molar-refractivity contribution in [2.75, 3.05) is 7.05 Å². The number of fused-ring (bicyclic) bond motifs is 1. The van der Waals surface area contributed by atoms with Crippen molar-refractivity contribution in [1.82, 2.24) is 25.2 Å². The Morgan fingerprint density at radius 2 is 1.87 bits per heavy atom. The molecule has 12 heteroatoms. The van der Waals surface area contributed by atoms with Crippen LogP contribution in [0.15, 0.2) is 59.5 Å². The summed E-state index contributed by atoms with van der Waals surface area (Å²) in [4.78, 5) is 35.2. The lowest BCUT2D eigenvalue weighted by atomic mass is 10.0. The molecule has 4 rings (SSSR count). The second-order valence-corrected chi connectivity index (χ2v) is 9.53. The number of hydrogen-bond acceptors (Lipinski definition) is 6. The predicted octanol–water partition coefficient (Wildman–Crippen LogP) is 4.92. The van der Waals surface area contributed by atoms with E-state index in [2.05, 4.69) is 25.3 Å². The zero-order chi connectivity index (χ0) is 28.3. The number of amides is 1. The second-order valence-electron chi connectivity index (χ2n) is 9.10. The topological polar surface area (TPSA) is 98.1 Å². The fourth-order valence-corrected chi connectivity index (χ4v) is 4.36. The van der Waals surface area contributed by atoms with Gasteiger partial charge in [0, 0.05) is 34.9 Å². The largest absolute Gasteiger partial charge is 0.573 e. The van der Waals surface area contributed by atoms with Crippen LogP contribution in [0.5, 0.6) is 5.75 Å². The molecule has 0 spiro atoms. The molecular weight excluding hydrogens is 535 g/mol. The molecular formula is C27H25ClF3N5O3. The summed E-state index contributed by atoms with van der Waals surface area (Å²) in [5.41, 5.74) is 1.89. The number of hydrogen-bond donors (Lipinski definition) is 2. The number of pyridine rings is 1. The molecule has 1 amide bonds. The number of rotatable bonds is 8. The van der Waals surface area contributed by atoms with Gasteiger partial charge in [-0.2, -0.15) is 0 Å². The van der Waals surface area contributed by atoms with E-state index < -0.39 is 30.1 Å². The van der Waals surface area contributed by atoms with E-state index in [-0.39, 0.29) is 28.5 Å². The molecule has 2 N–H and O–H groups in total. The average Bonchev–Trinajstić information content (AvgIpc) is 2.84. The van der Waals surface area contributed by atoms with Gasteiger partial charge in [-0.3, -0.25) is 14.2 Å². The van der Waals surface area contributed by atoms with Crippen LogP contribution in [0.2, 0.25) is 5.02 Å². The van der Waals surface area contributed by atoms with Crippen molar-refractivity contribution in [3.05, 3.63) is 75.7 Å². The van der Waals surface area contributed by atoms with Gasteiger partial charge in [0.1, 0.15) is 18.1 Å². The van der Waals surface area contributed by atoms with Crippen LogP contribution in [0.4, 0.5) is 13.2 Å². The molecule has 2 aromatic heterocycles. The molecule has 2 heterocycles. The van der Waals surface area contributed by atoms with E-state index in [0.29, 0.717) is 17.1 Å². The number of ether oxygens (including phenoxy) is 1. The molecule has 0 fully saturated rings. The van der Waals surface area contributed by atoms with Gasteiger partial charge in [-0.05, 0) is 68.4 Å². The summed E-state index contributed by atoms with van der Waals surface area (Å²) in [6, 6.07) is 11.9. The first-order chi connectivity index (χ1) is 18.4. The van der Waals surface area contributed by atoms with E-state index in [1.807, 2.05) is 19.2 Å². The number of nitrogens with one attached hydrogen (secondary N) is 2. The summed E-state index contributed by atoms with van der Waals surface area (Å²) in [5.74, 6) is -0.986. The van der Waals surface area contributed by atoms with E-state index in [1.165, 1.54) is 18.3 Å². The molecule has 0 saturated carbocycles. The van der Waals surface area contributed by atoms with Gasteiger partial charge in [0.15, 0.2) is 5.65 Å². The lowest BCUT2D eigenvalue weighted by Gasteiger charge is -2.16. The third-order valence-electron chi connectivity index (χ3n) is 5.56. The van der Waals surface area contributed by atoms with E-state index in [9.17, 15) is 22.8 Å². The zero-order valence-corrected chi connectivity index (χ0v) is 22.0. The maximum atomic E-state index is 13.7. The van der Waals surface area contributed by atoms with Crippen molar-refractivity contribution in [3.8, 4) is 28.3 Å². The maximum Gasteiger partial charge on any atom is 0.573 e. The monoisotopic (exact) mass is 559 g/mol. The molecule has 0 aliphatic carbocycles. The third-order valence-corrected chi connectivity index (χ3v) is 5.78. The highest BCUT2D eigenvalue weighted by molar-refractivity contribution is 6.31. The van der Waals surface area contributed by atoms with Crippen molar-refractivity contribution in [3.63, 3.8) is 0 Å². The molecule has 2 aromatic carbocycles. The molecule has 0 unspecified atom stereocenters. The molecule has 0 radical (unpaired) electrons. The first kappa shape index (κ1) is 28.1. The zero-order valence-electron chi connectivity index (χ0n) is 21.3. The van der Waals surface area contributed by atoms with Crippen LogP contribution < -0.4 is 20.9 Å². The number of aromatic nitrogens is 3. The Morgan fingerprint density at radius 1 is 1.10 bits per heavy atom. The number of nitrogens with zero attached hydrogens (tertiary/aromatic N) is 3. The fourth-order valence-electron chi connectivity index (χ4n) is 4.10. The summed E-state index contributed by atoms with van der Waals surface area (Å²) in [7, 11) is 1.81. The van der Waals surface area contributed by atoms with Crippen molar-refractivity contribution < 1.29 is 22.7 Å². The van der Waals surface area contributed by atoms with Crippen LogP contribution in [-0.2, 0) is 17.9 Å². The number of alkyl halides is 3. The fraction of sp³-hybridized carbons (Fsp3) is 0.259. The lowest BCUT2D eigenvalue weighted by Crippen LogP contribution is -2.37. The van der Waals surface area contributed by atoms with Crippen molar-refractivity contribution in [2.24, 2.45) is 0 Å². The Kier molecular flexibility index (Phi) is 8.22. The number of carbonyl (C=O) groups excluding carboxylic acids is 1. The average molecular weight is 560 g/mol. The summed E-state index contributed by atoms with van der Waals surface area (Å²) >= 11 is 6.30. The molecule has 0 aliphatic heterocycles. The lowest BCUT2D eigenvalue weighted by molar-refractivity contribution is -0.274. The quantitative estimate of drug-likeness (QED) is 0.318. The molecule has 8 nitrogen and oxygen atoms in total. The van der Waals surface area contributed by atoms with Gasteiger partial charge < -0.3 is 15.4 Å². The number of halogens is 4. The standard InChI is InChI=1S/C27H25ClF3N5O3/c1-15(2)34-23(37)14-36-25(17-5-4-6-21(10-17)39-27(29,30)31)35-24-22(26(36)38)11-19(13-33-24)18-7-16(12-32-3)8-20(28)9-18/h4-11,13,15,32H,12,14H2,1-3H3,(H,34,37). The van der Waals surface area contributed by atoms with Crippen LogP contribution in [-0.4, -0.2) is 39.9 Å². The van der Waals surface area contributed by atoms with Crippen LogP contribution in [0.25, 0.3) is 33.5 Å². The predicted molar refractivity (Wildman–Crippen MR) is 142 cm³/mol. The highest BCUT2D eigenvalue weighted by atomic mass is 35.5. The molecule has 0 saturated heterocycles. The Labute approximate surface area is 226 Å². The van der Waals surface area contributed by atoms with E-state index in [4.69, 9.17) is 11.6 Å². The van der Waals surface area contributed by atoms with Crippen LogP contribution in [0, 0.1) is 0 Å². The van der Waals surface area contributed by atoms with Gasteiger partial charge in [-0.1, -0.05) is 23.7 Å². The summed E-state index contributed by atoms with van der Waals surface area (Å²) in [5, 5.41) is 6.41. The molecule has 204 valence electrons. The van der Waals surface area contributed by atoms with Gasteiger partial charge in [0.05, 0.1) is 5.39 Å². The Morgan fingerprint density at radius 3 is 2.56 bits per heavy atom. The van der Waals surface area contributed by atoms with Crippen LogP contribution in [0.1, 0.15) is 19.4 Å². The highest BCUT2D eigenvalue weighted by Crippen LogP contribution is 2.29. The van der Waals surface area contributed by atoms with Crippen LogP contribution in [0.3, 0.4) is 0 Å². The van der Waals surface area contributed by atoms with Gasteiger partial charge in [0.2, 0.25) is 5.91 Å². The Bertz CT molecular complexity index is 1590. The van der Waals surface area contributed by atoms with Gasteiger partial charge >= 0.3 is 6.36 Å².